The minimum absolute atomic E-state index is 0.282. The second-order valence-electron chi connectivity index (χ2n) is 10.7. The number of likely N-dealkylation sites (N-methyl/N-ethyl adjacent to an activating group) is 2. The third kappa shape index (κ3) is 13.2. The molecule has 0 radical (unpaired) electrons. The topological polar surface area (TPSA) is 127 Å². The van der Waals surface area contributed by atoms with E-state index in [1.165, 1.54) is 23.5 Å². The predicted molar refractivity (Wildman–Crippen MR) is 198 cm³/mol. The smallest absolute Gasteiger partial charge is 0.244 e. The molecule has 3 amide bonds. The standard InChI is InChI=1S/C35H46N4O6S3/c1-36-30(21-46-18-24-6-12-27(43-3)13-7-24)34(41)39-32(23-48-20-26-10-16-29(45-5)17-11-26)35(42)38-31(33(40)37-2)22-47-19-25-8-14-28(44-4)15-9-25/h6-17,30-32,36H,18-23H2,1-5H3,(H,37,40)(H,38,42)(H,39,41)/t30-,31-,32-/m0/s1. The molecule has 0 fully saturated rings. The molecule has 3 atom stereocenters. The summed E-state index contributed by atoms with van der Waals surface area (Å²) < 4.78 is 15.7. The summed E-state index contributed by atoms with van der Waals surface area (Å²) in [5, 5.41) is 11.6. The minimum Gasteiger partial charge on any atom is -0.497 e. The van der Waals surface area contributed by atoms with Gasteiger partial charge in [0.05, 0.1) is 27.4 Å². The van der Waals surface area contributed by atoms with E-state index in [0.29, 0.717) is 28.8 Å². The Hall–Kier alpha value is -3.52. The monoisotopic (exact) mass is 714 g/mol. The number of thioether (sulfide) groups is 3. The molecule has 0 saturated heterocycles. The maximum Gasteiger partial charge on any atom is 0.244 e. The van der Waals surface area contributed by atoms with Crippen LogP contribution >= 0.6 is 35.3 Å². The maximum atomic E-state index is 13.7. The normalized spacial score (nSPS) is 12.7. The third-order valence-electron chi connectivity index (χ3n) is 7.31. The molecule has 48 heavy (non-hydrogen) atoms. The fraction of sp³-hybridized carbons (Fsp3) is 0.400. The van der Waals surface area contributed by atoms with Gasteiger partial charge in [-0.2, -0.15) is 35.3 Å². The summed E-state index contributed by atoms with van der Waals surface area (Å²) >= 11 is 4.68. The molecule has 3 aromatic carbocycles. The van der Waals surface area contributed by atoms with Crippen molar-refractivity contribution in [3.8, 4) is 17.2 Å². The average molecular weight is 715 g/mol. The second-order valence-corrected chi connectivity index (χ2v) is 13.8. The van der Waals surface area contributed by atoms with E-state index in [4.69, 9.17) is 14.2 Å². The van der Waals surface area contributed by atoms with Crippen LogP contribution in [0.2, 0.25) is 0 Å². The van der Waals surface area contributed by atoms with Crippen LogP contribution in [0, 0.1) is 0 Å². The largest absolute Gasteiger partial charge is 0.497 e. The van der Waals surface area contributed by atoms with E-state index < -0.39 is 24.0 Å². The van der Waals surface area contributed by atoms with Crippen molar-refractivity contribution in [1.29, 1.82) is 0 Å². The summed E-state index contributed by atoms with van der Waals surface area (Å²) in [5.74, 6) is 4.52. The zero-order valence-corrected chi connectivity index (χ0v) is 30.5. The highest BCUT2D eigenvalue weighted by Crippen LogP contribution is 2.20. The van der Waals surface area contributed by atoms with Crippen molar-refractivity contribution in [1.82, 2.24) is 21.3 Å². The quantitative estimate of drug-likeness (QED) is 0.128. The predicted octanol–water partition coefficient (Wildman–Crippen LogP) is 4.12. The molecule has 0 aromatic heterocycles. The lowest BCUT2D eigenvalue weighted by molar-refractivity contribution is -0.131. The third-order valence-corrected chi connectivity index (χ3v) is 10.6. The molecule has 10 nitrogen and oxygen atoms in total. The molecule has 13 heteroatoms. The molecule has 0 unspecified atom stereocenters. The molecule has 0 aliphatic carbocycles. The van der Waals surface area contributed by atoms with E-state index in [2.05, 4.69) is 21.3 Å². The summed E-state index contributed by atoms with van der Waals surface area (Å²) in [6, 6.07) is 21.1. The number of methoxy groups -OCH3 is 3. The lowest BCUT2D eigenvalue weighted by Gasteiger charge is -2.24. The molecular weight excluding hydrogens is 669 g/mol. The van der Waals surface area contributed by atoms with Gasteiger partial charge in [0.25, 0.3) is 0 Å². The molecule has 0 bridgehead atoms. The summed E-state index contributed by atoms with van der Waals surface area (Å²) in [7, 11) is 8.14. The number of carbonyl (C=O) groups excluding carboxylic acids is 3. The van der Waals surface area contributed by atoms with Crippen molar-refractivity contribution in [2.75, 3.05) is 52.7 Å². The van der Waals surface area contributed by atoms with Crippen LogP contribution in [0.5, 0.6) is 17.2 Å². The van der Waals surface area contributed by atoms with Crippen LogP contribution in [0.1, 0.15) is 16.7 Å². The Morgan fingerprint density at radius 2 is 0.833 bits per heavy atom. The first-order chi connectivity index (χ1) is 23.3. The Bertz CT molecular complexity index is 1410. The number of amides is 3. The van der Waals surface area contributed by atoms with Crippen molar-refractivity contribution in [3.63, 3.8) is 0 Å². The number of hydrogen-bond donors (Lipinski definition) is 4. The number of carbonyl (C=O) groups is 3. The molecule has 0 spiro atoms. The minimum atomic E-state index is -0.859. The van der Waals surface area contributed by atoms with E-state index in [1.807, 2.05) is 72.8 Å². The number of benzene rings is 3. The lowest BCUT2D eigenvalue weighted by atomic mass is 10.2. The van der Waals surface area contributed by atoms with Gasteiger partial charge in [-0.3, -0.25) is 14.4 Å². The average Bonchev–Trinajstić information content (AvgIpc) is 3.12. The zero-order valence-electron chi connectivity index (χ0n) is 28.1. The Morgan fingerprint density at radius 3 is 1.15 bits per heavy atom. The Labute approximate surface area is 296 Å². The fourth-order valence-corrected chi connectivity index (χ4v) is 7.56. The number of hydrogen-bond acceptors (Lipinski definition) is 10. The van der Waals surface area contributed by atoms with Gasteiger partial charge >= 0.3 is 0 Å². The number of ether oxygens (including phenoxy) is 3. The maximum absolute atomic E-state index is 13.7. The van der Waals surface area contributed by atoms with Crippen molar-refractivity contribution in [2.45, 2.75) is 35.4 Å². The molecular formula is C35H46N4O6S3. The van der Waals surface area contributed by atoms with E-state index in [0.717, 1.165) is 39.7 Å². The SMILES string of the molecule is CNC(=O)[C@H](CSCc1ccc(OC)cc1)NC(=O)[C@H](CSCc1ccc(OC)cc1)NC(=O)[C@H](CSCc1ccc(OC)cc1)NC. The molecule has 3 aromatic rings. The van der Waals surface area contributed by atoms with Crippen molar-refractivity contribution in [2.24, 2.45) is 0 Å². The van der Waals surface area contributed by atoms with Gasteiger partial charge in [-0.05, 0) is 60.1 Å². The molecule has 0 aliphatic rings. The van der Waals surface area contributed by atoms with Gasteiger partial charge < -0.3 is 35.5 Å². The first-order valence-electron chi connectivity index (χ1n) is 15.4. The molecule has 0 heterocycles. The van der Waals surface area contributed by atoms with E-state index >= 15 is 0 Å². The van der Waals surface area contributed by atoms with Gasteiger partial charge in [0.15, 0.2) is 0 Å². The van der Waals surface area contributed by atoms with Crippen molar-refractivity contribution in [3.05, 3.63) is 89.5 Å². The van der Waals surface area contributed by atoms with Crippen LogP contribution in [-0.4, -0.2) is 88.5 Å². The Balaban J connectivity index is 1.64. The van der Waals surface area contributed by atoms with Gasteiger partial charge in [-0.15, -0.1) is 0 Å². The van der Waals surface area contributed by atoms with Crippen LogP contribution in [0.25, 0.3) is 0 Å². The zero-order chi connectivity index (χ0) is 34.7. The van der Waals surface area contributed by atoms with Crippen molar-refractivity contribution < 1.29 is 28.6 Å². The van der Waals surface area contributed by atoms with Crippen LogP contribution < -0.4 is 35.5 Å². The van der Waals surface area contributed by atoms with E-state index in [1.54, 1.807) is 47.2 Å². The van der Waals surface area contributed by atoms with Crippen molar-refractivity contribution >= 4 is 53.0 Å². The van der Waals surface area contributed by atoms with Crippen LogP contribution in [-0.2, 0) is 31.6 Å². The van der Waals surface area contributed by atoms with Gasteiger partial charge in [-0.1, -0.05) is 36.4 Å². The molecule has 0 aliphatic heterocycles. The summed E-state index contributed by atoms with van der Waals surface area (Å²) in [4.78, 5) is 40.0. The Morgan fingerprint density at radius 1 is 0.521 bits per heavy atom. The molecule has 3 rings (SSSR count). The molecule has 0 saturated carbocycles. The van der Waals surface area contributed by atoms with Gasteiger partial charge in [-0.25, -0.2) is 0 Å². The van der Waals surface area contributed by atoms with Crippen LogP contribution in [0.15, 0.2) is 72.8 Å². The Kier molecular flexibility index (Phi) is 17.4. The van der Waals surface area contributed by atoms with E-state index in [9.17, 15) is 14.4 Å². The van der Waals surface area contributed by atoms with Gasteiger partial charge in [0.2, 0.25) is 17.7 Å². The highest BCUT2D eigenvalue weighted by molar-refractivity contribution is 7.99. The second kappa shape index (κ2) is 21.5. The fourth-order valence-electron chi connectivity index (χ4n) is 4.42. The summed E-state index contributed by atoms with van der Waals surface area (Å²) in [6.07, 6.45) is 0. The number of nitrogens with one attached hydrogen (secondary N) is 4. The van der Waals surface area contributed by atoms with Crippen LogP contribution in [0.3, 0.4) is 0 Å². The molecule has 260 valence electrons. The first kappa shape index (κ1) is 38.9. The summed E-state index contributed by atoms with van der Waals surface area (Å²) in [5.41, 5.74) is 3.26. The van der Waals surface area contributed by atoms with E-state index in [-0.39, 0.29) is 11.8 Å². The summed E-state index contributed by atoms with van der Waals surface area (Å²) in [6.45, 7) is 0. The highest BCUT2D eigenvalue weighted by atomic mass is 32.2. The highest BCUT2D eigenvalue weighted by Gasteiger charge is 2.28. The lowest BCUT2D eigenvalue weighted by Crippen LogP contribution is -2.57. The van der Waals surface area contributed by atoms with Gasteiger partial charge in [0, 0.05) is 41.6 Å². The molecule has 4 N–H and O–H groups in total. The first-order valence-corrected chi connectivity index (χ1v) is 18.9. The van der Waals surface area contributed by atoms with Gasteiger partial charge in [0.1, 0.15) is 29.3 Å². The number of rotatable bonds is 21. The van der Waals surface area contributed by atoms with Crippen LogP contribution in [0.4, 0.5) is 0 Å².